The van der Waals surface area contributed by atoms with Crippen LogP contribution in [0.25, 0.3) is 32.9 Å². The maximum Gasteiger partial charge on any atom is 0.216 e. The van der Waals surface area contributed by atoms with E-state index in [4.69, 9.17) is 10.2 Å². The van der Waals surface area contributed by atoms with E-state index in [-0.39, 0.29) is 11.8 Å². The third-order valence-electron chi connectivity index (χ3n) is 9.09. The van der Waals surface area contributed by atoms with Gasteiger partial charge in [0, 0.05) is 76.3 Å². The molecule has 6 aromatic rings. The molecule has 0 aliphatic carbocycles. The second-order valence-electron chi connectivity index (χ2n) is 12.9. The predicted molar refractivity (Wildman–Crippen MR) is 200 cm³/mol. The van der Waals surface area contributed by atoms with Gasteiger partial charge in [-0.1, -0.05) is 60.7 Å². The molecule has 258 valence electrons. The van der Waals surface area contributed by atoms with Crippen LogP contribution in [0.15, 0.2) is 85.2 Å². The fourth-order valence-corrected chi connectivity index (χ4v) is 6.37. The second-order valence-corrected chi connectivity index (χ2v) is 12.9. The Labute approximate surface area is 293 Å². The first-order valence-electron chi connectivity index (χ1n) is 17.2. The summed E-state index contributed by atoms with van der Waals surface area (Å²) in [5.74, 6) is -0.0276. The molecule has 50 heavy (non-hydrogen) atoms. The van der Waals surface area contributed by atoms with Gasteiger partial charge >= 0.3 is 0 Å². The monoisotopic (exact) mass is 670 g/mol. The first-order valence-corrected chi connectivity index (χ1v) is 17.2. The van der Waals surface area contributed by atoms with Crippen LogP contribution in [0.3, 0.4) is 0 Å². The number of fused-ring (bicyclic) bond motifs is 2. The molecule has 0 bridgehead atoms. The van der Waals surface area contributed by atoms with Crippen molar-refractivity contribution in [1.82, 2.24) is 40.8 Å². The molecule has 0 aliphatic heterocycles. The van der Waals surface area contributed by atoms with Crippen LogP contribution >= 0.6 is 0 Å². The molecule has 0 atom stereocenters. The molecular formula is C40H46N8O2. The van der Waals surface area contributed by atoms with Gasteiger partial charge in [0.1, 0.15) is 0 Å². The Kier molecular flexibility index (Phi) is 11.0. The van der Waals surface area contributed by atoms with Crippen molar-refractivity contribution in [1.29, 1.82) is 0 Å². The summed E-state index contributed by atoms with van der Waals surface area (Å²) in [7, 11) is 0. The Balaban J connectivity index is 1.13. The van der Waals surface area contributed by atoms with E-state index in [2.05, 4.69) is 120 Å². The predicted octanol–water partition coefficient (Wildman–Crippen LogP) is 5.22. The Morgan fingerprint density at radius 1 is 0.600 bits per heavy atom. The van der Waals surface area contributed by atoms with Crippen molar-refractivity contribution >= 4 is 33.6 Å². The summed E-state index contributed by atoms with van der Waals surface area (Å²) in [6.45, 7) is 12.9. The molecule has 6 rings (SSSR count). The van der Waals surface area contributed by atoms with Gasteiger partial charge in [0.25, 0.3) is 0 Å². The number of carbonyl (C=O) groups excluding carboxylic acids is 2. The lowest BCUT2D eigenvalue weighted by molar-refractivity contribution is -0.119. The van der Waals surface area contributed by atoms with E-state index in [1.165, 1.54) is 47.2 Å². The van der Waals surface area contributed by atoms with Crippen LogP contribution in [0.1, 0.15) is 47.2 Å². The highest BCUT2D eigenvalue weighted by Crippen LogP contribution is 2.31. The number of amides is 2. The van der Waals surface area contributed by atoms with E-state index in [0.29, 0.717) is 39.3 Å². The third-order valence-corrected chi connectivity index (χ3v) is 9.09. The highest BCUT2D eigenvalue weighted by atomic mass is 16.2. The number of aromatic nitrogens is 4. The summed E-state index contributed by atoms with van der Waals surface area (Å²) in [5.41, 5.74) is 11.7. The van der Waals surface area contributed by atoms with Crippen molar-refractivity contribution in [3.8, 4) is 11.1 Å². The fourth-order valence-electron chi connectivity index (χ4n) is 6.37. The average Bonchev–Trinajstić information content (AvgIpc) is 3.68. The molecule has 0 aliphatic rings. The minimum atomic E-state index is -0.0138. The number of rotatable bonds is 15. The summed E-state index contributed by atoms with van der Waals surface area (Å²) in [5, 5.41) is 24.4. The summed E-state index contributed by atoms with van der Waals surface area (Å²) in [6.07, 6.45) is 4.23. The maximum absolute atomic E-state index is 11.1. The number of hydrogen-bond donors (Lipinski definition) is 4. The van der Waals surface area contributed by atoms with Gasteiger partial charge in [-0.15, -0.1) is 0 Å². The van der Waals surface area contributed by atoms with Crippen LogP contribution in [-0.4, -0.2) is 57.6 Å². The normalized spacial score (nSPS) is 11.4. The first-order chi connectivity index (χ1) is 24.2. The number of nitrogens with zero attached hydrogens (tertiary/aromatic N) is 4. The van der Waals surface area contributed by atoms with Gasteiger partial charge < -0.3 is 21.3 Å². The van der Waals surface area contributed by atoms with Gasteiger partial charge in [0.05, 0.1) is 24.1 Å². The molecule has 2 aromatic heterocycles. The number of benzene rings is 4. The molecule has 0 spiro atoms. The Morgan fingerprint density at radius 2 is 1.04 bits per heavy atom. The zero-order valence-electron chi connectivity index (χ0n) is 29.3. The van der Waals surface area contributed by atoms with Crippen LogP contribution in [-0.2, 0) is 35.8 Å². The van der Waals surface area contributed by atoms with E-state index >= 15 is 0 Å². The largest absolute Gasteiger partial charge is 0.355 e. The summed E-state index contributed by atoms with van der Waals surface area (Å²) in [4.78, 5) is 22.2. The van der Waals surface area contributed by atoms with Gasteiger partial charge in [-0.05, 0) is 70.5 Å². The smallest absolute Gasteiger partial charge is 0.216 e. The standard InChI is InChI=1S/C40H46N8O2/c1-27-33(23-47-25-35-13-11-31(19-39(35)45-47)21-41-15-17-43-29(3)49)7-5-9-37(27)38-10-6-8-34(28(38)2)24-48-26-36-14-12-32(20-40(36)46-48)22-42-16-18-44-30(4)50/h5-14,19-20,25-26,41-42H,15-18,21-24H2,1-4H3,(H,43,49)(H,44,50). The fraction of sp³-hybridized carbons (Fsp3) is 0.300. The molecular weight excluding hydrogens is 624 g/mol. The zero-order chi connectivity index (χ0) is 35.0. The van der Waals surface area contributed by atoms with Crippen molar-refractivity contribution in [2.24, 2.45) is 0 Å². The SMILES string of the molecule is CC(=O)NCCNCc1ccc2cn(Cc3cccc(-c4cccc(Cn5cc6ccc(CNCCNC(C)=O)cc6n5)c4C)c3C)nc2c1. The van der Waals surface area contributed by atoms with E-state index in [1.807, 2.05) is 9.36 Å². The maximum atomic E-state index is 11.1. The van der Waals surface area contributed by atoms with Crippen molar-refractivity contribution in [2.45, 2.75) is 53.9 Å². The zero-order valence-corrected chi connectivity index (χ0v) is 29.3. The number of hydrogen-bond acceptors (Lipinski definition) is 6. The second kappa shape index (κ2) is 15.9. The van der Waals surface area contributed by atoms with Gasteiger partial charge in [0.2, 0.25) is 11.8 Å². The quantitative estimate of drug-likeness (QED) is 0.111. The average molecular weight is 671 g/mol. The van der Waals surface area contributed by atoms with Crippen molar-refractivity contribution < 1.29 is 9.59 Å². The molecule has 4 N–H and O–H groups in total. The Bertz CT molecular complexity index is 1980. The lowest BCUT2D eigenvalue weighted by Gasteiger charge is -2.16. The minimum absolute atomic E-state index is 0.0138. The Hall–Kier alpha value is -5.32. The van der Waals surface area contributed by atoms with Crippen molar-refractivity contribution in [3.05, 3.63) is 119 Å². The molecule has 0 saturated heterocycles. The summed E-state index contributed by atoms with van der Waals surface area (Å²) >= 11 is 0. The van der Waals surface area contributed by atoms with Gasteiger partial charge in [0.15, 0.2) is 0 Å². The van der Waals surface area contributed by atoms with Gasteiger partial charge in [-0.3, -0.25) is 19.0 Å². The Morgan fingerprint density at radius 3 is 1.46 bits per heavy atom. The van der Waals surface area contributed by atoms with Crippen molar-refractivity contribution in [2.75, 3.05) is 26.2 Å². The molecule has 10 nitrogen and oxygen atoms in total. The molecule has 10 heteroatoms. The highest BCUT2D eigenvalue weighted by molar-refractivity contribution is 5.80. The molecule has 2 heterocycles. The van der Waals surface area contributed by atoms with Crippen LogP contribution in [0, 0.1) is 13.8 Å². The van der Waals surface area contributed by atoms with Gasteiger partial charge in [-0.25, -0.2) is 0 Å². The molecule has 4 aromatic carbocycles. The molecule has 0 fully saturated rings. The van der Waals surface area contributed by atoms with Crippen LogP contribution in [0.4, 0.5) is 0 Å². The molecule has 2 amide bonds. The molecule has 0 radical (unpaired) electrons. The summed E-state index contributed by atoms with van der Waals surface area (Å²) < 4.78 is 4.06. The minimum Gasteiger partial charge on any atom is -0.355 e. The van der Waals surface area contributed by atoms with E-state index in [1.54, 1.807) is 0 Å². The summed E-state index contributed by atoms with van der Waals surface area (Å²) in [6, 6.07) is 25.9. The lowest BCUT2D eigenvalue weighted by atomic mass is 9.91. The van der Waals surface area contributed by atoms with Gasteiger partial charge in [-0.2, -0.15) is 10.2 Å². The van der Waals surface area contributed by atoms with E-state index in [0.717, 1.165) is 46.0 Å². The first kappa shape index (κ1) is 34.5. The molecule has 0 unspecified atom stereocenters. The number of carbonyl (C=O) groups is 2. The van der Waals surface area contributed by atoms with Crippen LogP contribution < -0.4 is 21.3 Å². The third kappa shape index (κ3) is 8.63. The van der Waals surface area contributed by atoms with E-state index in [9.17, 15) is 9.59 Å². The van der Waals surface area contributed by atoms with E-state index < -0.39 is 0 Å². The topological polar surface area (TPSA) is 118 Å². The lowest BCUT2D eigenvalue weighted by Crippen LogP contribution is -2.29. The number of nitrogens with one attached hydrogen (secondary N) is 4. The highest BCUT2D eigenvalue weighted by Gasteiger charge is 2.13. The molecule has 0 saturated carbocycles. The van der Waals surface area contributed by atoms with Crippen LogP contribution in [0.5, 0.6) is 0 Å². The van der Waals surface area contributed by atoms with Crippen molar-refractivity contribution in [3.63, 3.8) is 0 Å². The van der Waals surface area contributed by atoms with Crippen LogP contribution in [0.2, 0.25) is 0 Å².